The molecule has 2 saturated heterocycles. The van der Waals surface area contributed by atoms with Gasteiger partial charge in [0.2, 0.25) is 5.91 Å². The Morgan fingerprint density at radius 1 is 1.21 bits per heavy atom. The van der Waals surface area contributed by atoms with Crippen LogP contribution in [0.3, 0.4) is 0 Å². The second kappa shape index (κ2) is 10.6. The SMILES string of the molecule is C=CC(=O)N1CCN(c2nc(OC[C@@H]3CCCN3C)nc3c2CC2(CCCc4ccccc42)C3)C[C@@H]1CC#N. The Morgan fingerprint density at radius 2 is 2.08 bits per heavy atom. The maximum absolute atomic E-state index is 12.5. The summed E-state index contributed by atoms with van der Waals surface area (Å²) in [5.41, 5.74) is 5.25. The molecule has 6 rings (SSSR count). The van der Waals surface area contributed by atoms with Crippen molar-refractivity contribution in [1.82, 2.24) is 19.8 Å². The van der Waals surface area contributed by atoms with Crippen LogP contribution in [0.5, 0.6) is 6.01 Å². The molecule has 1 unspecified atom stereocenters. The fourth-order valence-electron chi connectivity index (χ4n) is 7.34. The van der Waals surface area contributed by atoms with Crippen LogP contribution in [0.1, 0.15) is 54.5 Å². The van der Waals surface area contributed by atoms with Gasteiger partial charge in [-0.2, -0.15) is 15.2 Å². The molecule has 4 aliphatic rings. The molecular formula is C31H38N6O2. The van der Waals surface area contributed by atoms with Gasteiger partial charge < -0.3 is 19.4 Å². The number of carbonyl (C=O) groups excluding carboxylic acids is 1. The van der Waals surface area contributed by atoms with E-state index in [1.54, 1.807) is 4.90 Å². The van der Waals surface area contributed by atoms with Gasteiger partial charge in [0.25, 0.3) is 0 Å². The van der Waals surface area contributed by atoms with Gasteiger partial charge in [0.15, 0.2) is 0 Å². The number of fused-ring (bicyclic) bond motifs is 3. The van der Waals surface area contributed by atoms with Gasteiger partial charge in [-0.15, -0.1) is 0 Å². The smallest absolute Gasteiger partial charge is 0.318 e. The van der Waals surface area contributed by atoms with Gasteiger partial charge in [-0.3, -0.25) is 4.79 Å². The van der Waals surface area contributed by atoms with Crippen molar-refractivity contribution in [3.05, 3.63) is 59.3 Å². The first-order valence-electron chi connectivity index (χ1n) is 14.4. The van der Waals surface area contributed by atoms with Crippen molar-refractivity contribution in [2.24, 2.45) is 0 Å². The molecular weight excluding hydrogens is 488 g/mol. The fraction of sp³-hybridized carbons (Fsp3) is 0.548. The quantitative estimate of drug-likeness (QED) is 0.533. The summed E-state index contributed by atoms with van der Waals surface area (Å²) in [4.78, 5) is 29.0. The topological polar surface area (TPSA) is 85.6 Å². The second-order valence-electron chi connectivity index (χ2n) is 11.7. The number of aromatic nitrogens is 2. The number of benzene rings is 1. The Balaban J connectivity index is 1.34. The number of nitrogens with zero attached hydrogens (tertiary/aromatic N) is 6. The maximum Gasteiger partial charge on any atom is 0.318 e. The summed E-state index contributed by atoms with van der Waals surface area (Å²) < 4.78 is 6.29. The van der Waals surface area contributed by atoms with Crippen LogP contribution in [0.15, 0.2) is 36.9 Å². The van der Waals surface area contributed by atoms with Gasteiger partial charge in [-0.25, -0.2) is 0 Å². The Kier molecular flexibility index (Phi) is 7.03. The van der Waals surface area contributed by atoms with Crippen molar-refractivity contribution in [3.63, 3.8) is 0 Å². The van der Waals surface area contributed by atoms with Gasteiger partial charge in [-0.05, 0) is 69.3 Å². The van der Waals surface area contributed by atoms with E-state index in [0.717, 1.165) is 50.2 Å². The highest BCUT2D eigenvalue weighted by Crippen LogP contribution is 2.49. The highest BCUT2D eigenvalue weighted by atomic mass is 16.5. The summed E-state index contributed by atoms with van der Waals surface area (Å²) >= 11 is 0. The molecule has 0 radical (unpaired) electrons. The number of hydrogen-bond donors (Lipinski definition) is 0. The Bertz CT molecular complexity index is 1300. The minimum Gasteiger partial charge on any atom is -0.462 e. The zero-order valence-electron chi connectivity index (χ0n) is 22.9. The van der Waals surface area contributed by atoms with Crippen LogP contribution in [-0.2, 0) is 29.5 Å². The summed E-state index contributed by atoms with van der Waals surface area (Å²) in [5.74, 6) is 0.800. The average Bonchev–Trinajstić information content (AvgIpc) is 3.54. The molecule has 1 aromatic heterocycles. The van der Waals surface area contributed by atoms with E-state index in [9.17, 15) is 10.1 Å². The molecule has 1 spiro atoms. The highest BCUT2D eigenvalue weighted by molar-refractivity contribution is 5.87. The van der Waals surface area contributed by atoms with E-state index in [1.165, 1.54) is 35.6 Å². The molecule has 0 saturated carbocycles. The minimum absolute atomic E-state index is 0.0393. The molecule has 1 aromatic carbocycles. The Labute approximate surface area is 231 Å². The first kappa shape index (κ1) is 25.8. The lowest BCUT2D eigenvalue weighted by atomic mass is 9.68. The predicted molar refractivity (Wildman–Crippen MR) is 150 cm³/mol. The first-order chi connectivity index (χ1) is 19.0. The summed E-state index contributed by atoms with van der Waals surface area (Å²) in [6, 6.07) is 11.8. The lowest BCUT2D eigenvalue weighted by Crippen LogP contribution is -2.55. The van der Waals surface area contributed by atoms with Crippen LogP contribution in [0.25, 0.3) is 0 Å². The van der Waals surface area contributed by atoms with Crippen molar-refractivity contribution in [3.8, 4) is 12.1 Å². The Morgan fingerprint density at radius 3 is 2.87 bits per heavy atom. The molecule has 0 N–H and O–H groups in total. The van der Waals surface area contributed by atoms with E-state index in [0.29, 0.717) is 38.3 Å². The lowest BCUT2D eigenvalue weighted by Gasteiger charge is -2.41. The standard InChI is InChI=1S/C31H38N6O2/c1-3-28(38)37-17-16-36(20-23(37)12-14-32)29-25-18-31(13-6-9-22-8-4-5-11-26(22)31)19-27(25)33-30(34-29)39-21-24-10-7-15-35(24)2/h3-5,8,11,23-24H,1,6-7,9-10,12-13,15-21H2,2H3/t23-,24-,31?/m0/s1. The van der Waals surface area contributed by atoms with E-state index in [-0.39, 0.29) is 23.8 Å². The molecule has 2 aliphatic heterocycles. The molecule has 2 fully saturated rings. The lowest BCUT2D eigenvalue weighted by molar-refractivity contribution is -0.128. The molecule has 2 aromatic rings. The van der Waals surface area contributed by atoms with Gasteiger partial charge in [0, 0.05) is 43.1 Å². The number of amides is 1. The average molecular weight is 527 g/mol. The number of hydrogen-bond acceptors (Lipinski definition) is 7. The molecule has 3 heterocycles. The molecule has 8 nitrogen and oxygen atoms in total. The van der Waals surface area contributed by atoms with Crippen molar-refractivity contribution in [2.45, 2.75) is 68.9 Å². The monoisotopic (exact) mass is 526 g/mol. The van der Waals surface area contributed by atoms with Crippen LogP contribution >= 0.6 is 0 Å². The summed E-state index contributed by atoms with van der Waals surface area (Å²) in [6.45, 7) is 7.09. The van der Waals surface area contributed by atoms with E-state index < -0.39 is 0 Å². The number of aryl methyl sites for hydroxylation is 1. The van der Waals surface area contributed by atoms with Gasteiger partial charge in [0.1, 0.15) is 12.4 Å². The number of rotatable bonds is 6. The van der Waals surface area contributed by atoms with Crippen molar-refractivity contribution in [1.29, 1.82) is 5.26 Å². The summed E-state index contributed by atoms with van der Waals surface area (Å²) in [6.07, 6.45) is 9.20. The van der Waals surface area contributed by atoms with Crippen LogP contribution in [-0.4, -0.2) is 77.6 Å². The van der Waals surface area contributed by atoms with Gasteiger partial charge >= 0.3 is 6.01 Å². The van der Waals surface area contributed by atoms with Crippen LogP contribution in [0, 0.1) is 11.3 Å². The van der Waals surface area contributed by atoms with Crippen molar-refractivity contribution >= 4 is 11.7 Å². The molecule has 2 aliphatic carbocycles. The third-order valence-electron chi connectivity index (χ3n) is 9.40. The normalized spacial score (nSPS) is 26.3. The zero-order valence-corrected chi connectivity index (χ0v) is 22.9. The number of carbonyl (C=O) groups is 1. The number of anilines is 1. The van der Waals surface area contributed by atoms with Crippen LogP contribution in [0.4, 0.5) is 5.82 Å². The zero-order chi connectivity index (χ0) is 27.0. The number of likely N-dealkylation sites (N-methyl/N-ethyl adjacent to an activating group) is 1. The molecule has 0 bridgehead atoms. The molecule has 8 heteroatoms. The third-order valence-corrected chi connectivity index (χ3v) is 9.40. The van der Waals surface area contributed by atoms with Crippen LogP contribution < -0.4 is 9.64 Å². The van der Waals surface area contributed by atoms with Crippen LogP contribution in [0.2, 0.25) is 0 Å². The van der Waals surface area contributed by atoms with E-state index in [4.69, 9.17) is 14.7 Å². The Hall–Kier alpha value is -3.44. The van der Waals surface area contributed by atoms with Crippen molar-refractivity contribution in [2.75, 3.05) is 44.7 Å². The molecule has 39 heavy (non-hydrogen) atoms. The first-order valence-corrected chi connectivity index (χ1v) is 14.4. The van der Waals surface area contributed by atoms with Gasteiger partial charge in [-0.1, -0.05) is 30.8 Å². The largest absolute Gasteiger partial charge is 0.462 e. The third kappa shape index (κ3) is 4.78. The van der Waals surface area contributed by atoms with Crippen molar-refractivity contribution < 1.29 is 9.53 Å². The number of likely N-dealkylation sites (tertiary alicyclic amines) is 1. The summed E-state index contributed by atoms with van der Waals surface area (Å²) in [5, 5.41) is 9.52. The van der Waals surface area contributed by atoms with Gasteiger partial charge in [0.05, 0.1) is 24.2 Å². The molecule has 204 valence electrons. The van der Waals surface area contributed by atoms with E-state index in [2.05, 4.69) is 53.8 Å². The molecule has 3 atom stereocenters. The second-order valence-corrected chi connectivity index (χ2v) is 11.7. The number of ether oxygens (including phenoxy) is 1. The fourth-order valence-corrected chi connectivity index (χ4v) is 7.34. The predicted octanol–water partition coefficient (Wildman–Crippen LogP) is 3.44. The highest BCUT2D eigenvalue weighted by Gasteiger charge is 2.45. The van der Waals surface area contributed by atoms with E-state index >= 15 is 0 Å². The number of piperazine rings is 1. The van der Waals surface area contributed by atoms with E-state index in [1.807, 2.05) is 0 Å². The minimum atomic E-state index is -0.206. The number of nitriles is 1. The maximum atomic E-state index is 12.5. The molecule has 1 amide bonds. The summed E-state index contributed by atoms with van der Waals surface area (Å²) in [7, 11) is 2.15.